The van der Waals surface area contributed by atoms with Crippen molar-refractivity contribution in [2.24, 2.45) is 0 Å². The molecule has 0 aliphatic carbocycles. The van der Waals surface area contributed by atoms with Crippen molar-refractivity contribution in [3.8, 4) is 34.5 Å². The predicted octanol–water partition coefficient (Wildman–Crippen LogP) is 6.65. The van der Waals surface area contributed by atoms with Crippen molar-refractivity contribution in [2.45, 2.75) is 12.2 Å². The fourth-order valence-corrected chi connectivity index (χ4v) is 6.95. The molecule has 13 nitrogen and oxygen atoms in total. The lowest BCUT2D eigenvalue weighted by Crippen LogP contribution is -2.33. The van der Waals surface area contributed by atoms with Crippen LogP contribution in [-0.2, 0) is 0 Å². The number of aromatic nitrogens is 2. The van der Waals surface area contributed by atoms with E-state index in [1.54, 1.807) is 14.2 Å². The van der Waals surface area contributed by atoms with E-state index in [2.05, 4.69) is 32.7 Å². The van der Waals surface area contributed by atoms with Crippen LogP contribution in [0.5, 0.6) is 34.5 Å². The Morgan fingerprint density at radius 1 is 0.443 bits per heavy atom. The van der Waals surface area contributed by atoms with Crippen LogP contribution in [0.3, 0.4) is 0 Å². The maximum atomic E-state index is 10.3. The smallest absolute Gasteiger partial charge is 0.161 e. The van der Waals surface area contributed by atoms with E-state index in [-0.39, 0.29) is 18.7 Å². The van der Waals surface area contributed by atoms with Gasteiger partial charge in [0.2, 0.25) is 0 Å². The molecule has 0 aliphatic heterocycles. The summed E-state index contributed by atoms with van der Waals surface area (Å²) in [6.07, 6.45) is -1.26. The molecular formula is C48H54N4O9. The molecule has 0 radical (unpaired) electrons. The van der Waals surface area contributed by atoms with Gasteiger partial charge in [-0.15, -0.1) is 0 Å². The van der Waals surface area contributed by atoms with Crippen molar-refractivity contribution in [3.05, 3.63) is 133 Å². The van der Waals surface area contributed by atoms with Crippen molar-refractivity contribution in [2.75, 3.05) is 66.8 Å². The highest BCUT2D eigenvalue weighted by Gasteiger charge is 2.13. The number of benzene rings is 6. The SMILES string of the molecule is COc1ccccc1OCCNCC(O)COc1cccc2[nH]c3ccccc3c12.COc1ccccc1OCCNCC(O)COc1cccc2[nH]c3ccccc3c12.O. The number of para-hydroxylation sites is 6. The van der Waals surface area contributed by atoms with Gasteiger partial charge in [-0.3, -0.25) is 0 Å². The zero-order chi connectivity index (χ0) is 41.5. The average molecular weight is 831 g/mol. The normalized spacial score (nSPS) is 12.0. The largest absolute Gasteiger partial charge is 0.493 e. The Morgan fingerprint density at radius 2 is 0.803 bits per heavy atom. The maximum absolute atomic E-state index is 10.3. The second-order valence-electron chi connectivity index (χ2n) is 14.0. The molecule has 8 rings (SSSR count). The molecule has 0 aliphatic rings. The molecule has 2 aromatic heterocycles. The zero-order valence-electron chi connectivity index (χ0n) is 34.4. The number of aromatic amines is 2. The molecule has 8 N–H and O–H groups in total. The first-order valence-electron chi connectivity index (χ1n) is 20.1. The predicted molar refractivity (Wildman–Crippen MR) is 241 cm³/mol. The molecule has 2 atom stereocenters. The van der Waals surface area contributed by atoms with Gasteiger partial charge >= 0.3 is 0 Å². The molecule has 0 saturated heterocycles. The van der Waals surface area contributed by atoms with Gasteiger partial charge in [0.1, 0.15) is 50.1 Å². The molecule has 6 aromatic carbocycles. The lowest BCUT2D eigenvalue weighted by molar-refractivity contribution is 0.106. The number of aliphatic hydroxyl groups is 2. The summed E-state index contributed by atoms with van der Waals surface area (Å²) in [5.41, 5.74) is 4.19. The first kappa shape index (κ1) is 44.1. The highest BCUT2D eigenvalue weighted by atomic mass is 16.5. The Bertz CT molecular complexity index is 2400. The molecule has 0 amide bonds. The van der Waals surface area contributed by atoms with Crippen LogP contribution in [0.25, 0.3) is 43.6 Å². The van der Waals surface area contributed by atoms with Crippen LogP contribution in [0, 0.1) is 0 Å². The number of H-pyrrole nitrogens is 2. The summed E-state index contributed by atoms with van der Waals surface area (Å²) >= 11 is 0. The van der Waals surface area contributed by atoms with Gasteiger partial charge in [0, 0.05) is 58.8 Å². The summed E-state index contributed by atoms with van der Waals surface area (Å²) in [5.74, 6) is 4.36. The lowest BCUT2D eigenvalue weighted by Gasteiger charge is -2.15. The van der Waals surface area contributed by atoms with Gasteiger partial charge in [-0.25, -0.2) is 0 Å². The molecule has 2 heterocycles. The number of fused-ring (bicyclic) bond motifs is 6. The Labute approximate surface area is 354 Å². The summed E-state index contributed by atoms with van der Waals surface area (Å²) in [6, 6.07) is 43.2. The Morgan fingerprint density at radius 3 is 1.23 bits per heavy atom. The molecule has 0 spiro atoms. The van der Waals surface area contributed by atoms with E-state index < -0.39 is 12.2 Å². The zero-order valence-corrected chi connectivity index (χ0v) is 34.4. The number of ether oxygens (including phenoxy) is 6. The van der Waals surface area contributed by atoms with E-state index in [1.807, 2.05) is 121 Å². The number of methoxy groups -OCH3 is 2. The maximum Gasteiger partial charge on any atom is 0.161 e. The van der Waals surface area contributed by atoms with Crippen LogP contribution in [0.2, 0.25) is 0 Å². The van der Waals surface area contributed by atoms with Crippen molar-refractivity contribution in [3.63, 3.8) is 0 Å². The fraction of sp³-hybridized carbons (Fsp3) is 0.250. The summed E-state index contributed by atoms with van der Waals surface area (Å²) in [6.45, 7) is 3.40. The first-order valence-corrected chi connectivity index (χ1v) is 20.1. The molecular weight excluding hydrogens is 777 g/mol. The van der Waals surface area contributed by atoms with E-state index in [1.165, 1.54) is 0 Å². The summed E-state index contributed by atoms with van der Waals surface area (Å²) in [5, 5.41) is 31.3. The number of aliphatic hydroxyl groups excluding tert-OH is 2. The van der Waals surface area contributed by atoms with Crippen molar-refractivity contribution < 1.29 is 44.1 Å². The third kappa shape index (κ3) is 11.4. The average Bonchev–Trinajstić information content (AvgIpc) is 3.87. The van der Waals surface area contributed by atoms with Gasteiger partial charge in [0.15, 0.2) is 23.0 Å². The minimum atomic E-state index is -0.628. The quantitative estimate of drug-likeness (QED) is 0.0455. The van der Waals surface area contributed by atoms with Crippen LogP contribution in [0.4, 0.5) is 0 Å². The van der Waals surface area contributed by atoms with Gasteiger partial charge in [-0.1, -0.05) is 72.8 Å². The number of rotatable bonds is 20. The van der Waals surface area contributed by atoms with Crippen LogP contribution in [0.15, 0.2) is 133 Å². The molecule has 8 aromatic rings. The van der Waals surface area contributed by atoms with E-state index in [0.29, 0.717) is 62.4 Å². The molecule has 320 valence electrons. The number of hydrogen-bond donors (Lipinski definition) is 6. The summed E-state index contributed by atoms with van der Waals surface area (Å²) < 4.78 is 33.8. The molecule has 13 heteroatoms. The number of hydrogen-bond acceptors (Lipinski definition) is 10. The van der Waals surface area contributed by atoms with Gasteiger partial charge in [-0.2, -0.15) is 0 Å². The fourth-order valence-electron chi connectivity index (χ4n) is 6.95. The van der Waals surface area contributed by atoms with Gasteiger partial charge < -0.3 is 64.7 Å². The van der Waals surface area contributed by atoms with Crippen molar-refractivity contribution in [1.29, 1.82) is 0 Å². The number of nitrogens with one attached hydrogen (secondary N) is 4. The minimum Gasteiger partial charge on any atom is -0.493 e. The van der Waals surface area contributed by atoms with E-state index in [9.17, 15) is 10.2 Å². The van der Waals surface area contributed by atoms with Crippen molar-refractivity contribution in [1.82, 2.24) is 20.6 Å². The summed E-state index contributed by atoms with van der Waals surface area (Å²) in [4.78, 5) is 6.80. The highest BCUT2D eigenvalue weighted by Crippen LogP contribution is 2.34. The molecule has 0 saturated carbocycles. The van der Waals surface area contributed by atoms with Crippen LogP contribution >= 0.6 is 0 Å². The van der Waals surface area contributed by atoms with Gasteiger partial charge in [-0.05, 0) is 60.7 Å². The topological polar surface area (TPSA) is 183 Å². The lowest BCUT2D eigenvalue weighted by atomic mass is 10.1. The van der Waals surface area contributed by atoms with Crippen LogP contribution in [-0.4, -0.2) is 105 Å². The van der Waals surface area contributed by atoms with Crippen LogP contribution in [0.1, 0.15) is 0 Å². The van der Waals surface area contributed by atoms with E-state index in [0.717, 1.165) is 55.1 Å². The summed E-state index contributed by atoms with van der Waals surface area (Å²) in [7, 11) is 3.24. The van der Waals surface area contributed by atoms with Crippen molar-refractivity contribution >= 4 is 43.6 Å². The molecule has 0 fully saturated rings. The second kappa shape index (κ2) is 22.2. The third-order valence-corrected chi connectivity index (χ3v) is 9.82. The molecule has 0 bridgehead atoms. The van der Waals surface area contributed by atoms with Crippen LogP contribution < -0.4 is 39.1 Å². The molecule has 2 unspecified atom stereocenters. The van der Waals surface area contributed by atoms with Gasteiger partial charge in [0.25, 0.3) is 0 Å². The monoisotopic (exact) mass is 830 g/mol. The first-order chi connectivity index (χ1) is 29.5. The standard InChI is InChI=1S/2C24H26N2O4.H2O/c2*1-28-21-10-4-5-11-22(21)29-14-13-25-15-17(27)16-30-23-12-6-9-20-24(23)18-7-2-3-8-19(18)26-20;/h2*2-12,17,25-27H,13-16H2,1H3;1H2. The van der Waals surface area contributed by atoms with E-state index in [4.69, 9.17) is 28.4 Å². The third-order valence-electron chi connectivity index (χ3n) is 9.82. The second-order valence-corrected chi connectivity index (χ2v) is 14.0. The molecule has 61 heavy (non-hydrogen) atoms. The van der Waals surface area contributed by atoms with E-state index >= 15 is 0 Å². The Balaban J connectivity index is 0.000000201. The minimum absolute atomic E-state index is 0. The van der Waals surface area contributed by atoms with Gasteiger partial charge in [0.05, 0.1) is 25.3 Å². The highest BCUT2D eigenvalue weighted by molar-refractivity contribution is 6.11. The Hall–Kier alpha value is -6.48. The Kier molecular flexibility index (Phi) is 16.1.